The van der Waals surface area contributed by atoms with Gasteiger partial charge >= 0.3 is 0 Å². The first-order valence-corrected chi connectivity index (χ1v) is 5.48. The predicted molar refractivity (Wildman–Crippen MR) is 61.7 cm³/mol. The summed E-state index contributed by atoms with van der Waals surface area (Å²) in [5, 5.41) is 4.14. The van der Waals surface area contributed by atoms with Crippen LogP contribution in [-0.4, -0.2) is 28.7 Å². The Balaban J connectivity index is 2.97. The van der Waals surface area contributed by atoms with Gasteiger partial charge in [0.25, 0.3) is 0 Å². The number of hydrogen-bond donors (Lipinski definition) is 1. The molecule has 0 aliphatic carbocycles. The van der Waals surface area contributed by atoms with Crippen LogP contribution in [0.1, 0.15) is 37.2 Å². The lowest BCUT2D eigenvalue weighted by molar-refractivity contribution is 0.0962. The highest BCUT2D eigenvalue weighted by molar-refractivity contribution is 5.97. The number of carbonyl (C=O) groups excluding carboxylic acids is 1. The maximum absolute atomic E-state index is 12.0. The third-order valence-corrected chi connectivity index (χ3v) is 2.23. The molecule has 16 heavy (non-hydrogen) atoms. The number of aromatic nitrogens is 2. The summed E-state index contributed by atoms with van der Waals surface area (Å²) in [6, 6.07) is -0.151. The van der Waals surface area contributed by atoms with E-state index < -0.39 is 0 Å². The minimum atomic E-state index is -0.151. The van der Waals surface area contributed by atoms with Gasteiger partial charge in [0.1, 0.15) is 5.69 Å². The van der Waals surface area contributed by atoms with Crippen LogP contribution in [0.2, 0.25) is 0 Å². The Morgan fingerprint density at radius 1 is 1.69 bits per heavy atom. The number of aryl methyl sites for hydroxylation is 1. The second-order valence-corrected chi connectivity index (χ2v) is 3.89. The van der Waals surface area contributed by atoms with E-state index in [1.165, 1.54) is 7.11 Å². The van der Waals surface area contributed by atoms with Crippen LogP contribution in [0, 0.1) is 0 Å². The van der Waals surface area contributed by atoms with Crippen LogP contribution in [0.5, 0.6) is 5.75 Å². The van der Waals surface area contributed by atoms with Crippen LogP contribution in [0.25, 0.3) is 0 Å². The highest BCUT2D eigenvalue weighted by Crippen LogP contribution is 2.19. The Morgan fingerprint density at radius 2 is 2.38 bits per heavy atom. The Morgan fingerprint density at radius 3 is 2.88 bits per heavy atom. The Bertz CT molecular complexity index is 358. The van der Waals surface area contributed by atoms with Crippen molar-refractivity contribution in [3.8, 4) is 5.75 Å². The first-order chi connectivity index (χ1) is 7.60. The summed E-state index contributed by atoms with van der Waals surface area (Å²) < 4.78 is 6.81. The first-order valence-electron chi connectivity index (χ1n) is 5.48. The summed E-state index contributed by atoms with van der Waals surface area (Å²) in [7, 11) is 1.54. The first kappa shape index (κ1) is 12.7. The van der Waals surface area contributed by atoms with E-state index in [2.05, 4.69) is 5.10 Å². The monoisotopic (exact) mass is 225 g/mol. The SMILES string of the molecule is CCCn1ncc(OC)c1C(=O)CC(C)N. The number of carbonyl (C=O) groups is 1. The zero-order valence-corrected chi connectivity index (χ0v) is 10.1. The molecule has 0 fully saturated rings. The van der Waals surface area contributed by atoms with E-state index in [1.54, 1.807) is 10.9 Å². The van der Waals surface area contributed by atoms with Gasteiger partial charge in [-0.3, -0.25) is 9.48 Å². The summed E-state index contributed by atoms with van der Waals surface area (Å²) in [5.74, 6) is 0.511. The van der Waals surface area contributed by atoms with Gasteiger partial charge in [-0.05, 0) is 13.3 Å². The Labute approximate surface area is 95.6 Å². The normalized spacial score (nSPS) is 12.5. The molecule has 1 aromatic rings. The van der Waals surface area contributed by atoms with Gasteiger partial charge in [0.15, 0.2) is 11.5 Å². The highest BCUT2D eigenvalue weighted by Gasteiger charge is 2.19. The third kappa shape index (κ3) is 2.82. The van der Waals surface area contributed by atoms with E-state index in [0.717, 1.165) is 6.42 Å². The fourth-order valence-corrected chi connectivity index (χ4v) is 1.57. The molecule has 0 radical (unpaired) electrons. The second-order valence-electron chi connectivity index (χ2n) is 3.89. The molecule has 90 valence electrons. The van der Waals surface area contributed by atoms with Crippen LogP contribution in [0.3, 0.4) is 0 Å². The number of rotatable bonds is 6. The molecule has 1 rings (SSSR count). The molecule has 0 aliphatic heterocycles. The van der Waals surface area contributed by atoms with Crippen LogP contribution in [-0.2, 0) is 6.54 Å². The van der Waals surface area contributed by atoms with Gasteiger partial charge in [0, 0.05) is 19.0 Å². The molecule has 0 bridgehead atoms. The molecule has 1 aromatic heterocycles. The Hall–Kier alpha value is -1.36. The summed E-state index contributed by atoms with van der Waals surface area (Å²) >= 11 is 0. The van der Waals surface area contributed by atoms with Crippen molar-refractivity contribution in [2.45, 2.75) is 39.3 Å². The summed E-state index contributed by atoms with van der Waals surface area (Å²) in [5.41, 5.74) is 6.15. The number of hydrogen-bond acceptors (Lipinski definition) is 4. The van der Waals surface area contributed by atoms with Crippen LogP contribution >= 0.6 is 0 Å². The number of ether oxygens (including phenoxy) is 1. The fraction of sp³-hybridized carbons (Fsp3) is 0.636. The van der Waals surface area contributed by atoms with Crippen molar-refractivity contribution in [2.75, 3.05) is 7.11 Å². The Kier molecular flexibility index (Phi) is 4.49. The summed E-state index contributed by atoms with van der Waals surface area (Å²) in [6.45, 7) is 4.56. The second kappa shape index (κ2) is 5.65. The van der Waals surface area contributed by atoms with Crippen molar-refractivity contribution in [1.29, 1.82) is 0 Å². The lowest BCUT2D eigenvalue weighted by Crippen LogP contribution is -2.22. The lowest BCUT2D eigenvalue weighted by Gasteiger charge is -2.08. The molecule has 0 aromatic carbocycles. The molecule has 0 aliphatic rings. The molecule has 1 heterocycles. The number of methoxy groups -OCH3 is 1. The van der Waals surface area contributed by atoms with E-state index in [-0.39, 0.29) is 11.8 Å². The molecule has 5 heteroatoms. The van der Waals surface area contributed by atoms with Crippen molar-refractivity contribution >= 4 is 5.78 Å². The van der Waals surface area contributed by atoms with Crippen molar-refractivity contribution in [3.63, 3.8) is 0 Å². The zero-order chi connectivity index (χ0) is 12.1. The van der Waals surface area contributed by atoms with Crippen molar-refractivity contribution in [2.24, 2.45) is 5.73 Å². The van der Waals surface area contributed by atoms with Gasteiger partial charge in [-0.25, -0.2) is 0 Å². The molecule has 2 N–H and O–H groups in total. The molecule has 0 spiro atoms. The smallest absolute Gasteiger partial charge is 0.186 e. The summed E-state index contributed by atoms with van der Waals surface area (Å²) in [6.07, 6.45) is 2.80. The van der Waals surface area contributed by atoms with Crippen molar-refractivity contribution in [1.82, 2.24) is 9.78 Å². The zero-order valence-electron chi connectivity index (χ0n) is 10.1. The van der Waals surface area contributed by atoms with Gasteiger partial charge in [-0.2, -0.15) is 5.10 Å². The van der Waals surface area contributed by atoms with Gasteiger partial charge < -0.3 is 10.5 Å². The van der Waals surface area contributed by atoms with Crippen LogP contribution in [0.15, 0.2) is 6.20 Å². The predicted octanol–water partition coefficient (Wildman–Crippen LogP) is 1.22. The molecule has 5 nitrogen and oxygen atoms in total. The van der Waals surface area contributed by atoms with Gasteiger partial charge in [0.05, 0.1) is 13.3 Å². The average Bonchev–Trinajstić information content (AvgIpc) is 2.60. The largest absolute Gasteiger partial charge is 0.493 e. The fourth-order valence-electron chi connectivity index (χ4n) is 1.57. The molecular formula is C11H19N3O2. The van der Waals surface area contributed by atoms with Gasteiger partial charge in [0.2, 0.25) is 0 Å². The maximum Gasteiger partial charge on any atom is 0.186 e. The number of ketones is 1. The van der Waals surface area contributed by atoms with Crippen LogP contribution in [0.4, 0.5) is 0 Å². The van der Waals surface area contributed by atoms with Crippen LogP contribution < -0.4 is 10.5 Å². The molecule has 1 unspecified atom stereocenters. The molecule has 0 saturated heterocycles. The van der Waals surface area contributed by atoms with Gasteiger partial charge in [-0.1, -0.05) is 6.92 Å². The number of nitrogens with two attached hydrogens (primary N) is 1. The minimum absolute atomic E-state index is 0.0159. The van der Waals surface area contributed by atoms with E-state index in [4.69, 9.17) is 10.5 Å². The minimum Gasteiger partial charge on any atom is -0.493 e. The van der Waals surface area contributed by atoms with Gasteiger partial charge in [-0.15, -0.1) is 0 Å². The highest BCUT2D eigenvalue weighted by atomic mass is 16.5. The molecule has 1 atom stereocenters. The van der Waals surface area contributed by atoms with E-state index in [9.17, 15) is 4.79 Å². The standard InChI is InChI=1S/C11H19N3O2/c1-4-5-14-11(9(15)6-8(2)12)10(16-3)7-13-14/h7-8H,4-6,12H2,1-3H3. The van der Waals surface area contributed by atoms with Crippen molar-refractivity contribution < 1.29 is 9.53 Å². The van der Waals surface area contributed by atoms with E-state index >= 15 is 0 Å². The molecule has 0 saturated carbocycles. The number of Topliss-reactive ketones (excluding diaryl/α,β-unsaturated/α-hetero) is 1. The lowest BCUT2D eigenvalue weighted by atomic mass is 10.1. The van der Waals surface area contributed by atoms with E-state index in [0.29, 0.717) is 24.4 Å². The molecule has 0 amide bonds. The molecular weight excluding hydrogens is 206 g/mol. The maximum atomic E-state index is 12.0. The van der Waals surface area contributed by atoms with Crippen molar-refractivity contribution in [3.05, 3.63) is 11.9 Å². The quantitative estimate of drug-likeness (QED) is 0.739. The third-order valence-electron chi connectivity index (χ3n) is 2.23. The summed E-state index contributed by atoms with van der Waals surface area (Å²) in [4.78, 5) is 12.0. The number of nitrogens with zero attached hydrogens (tertiary/aromatic N) is 2. The topological polar surface area (TPSA) is 70.1 Å². The average molecular weight is 225 g/mol. The van der Waals surface area contributed by atoms with E-state index in [1.807, 2.05) is 13.8 Å².